The van der Waals surface area contributed by atoms with E-state index in [1.807, 2.05) is 12.1 Å². The van der Waals surface area contributed by atoms with Crippen molar-refractivity contribution in [1.82, 2.24) is 5.32 Å². The number of carboxylic acids is 1. The van der Waals surface area contributed by atoms with Gasteiger partial charge in [0, 0.05) is 12.6 Å². The van der Waals surface area contributed by atoms with E-state index in [4.69, 9.17) is 14.6 Å². The van der Waals surface area contributed by atoms with E-state index in [2.05, 4.69) is 21.2 Å². The van der Waals surface area contributed by atoms with Crippen LogP contribution in [-0.4, -0.2) is 30.3 Å². The normalized spacial score (nSPS) is 15.6. The minimum absolute atomic E-state index is 0.385. The lowest BCUT2D eigenvalue weighted by molar-refractivity contribution is -0.145. The van der Waals surface area contributed by atoms with Crippen molar-refractivity contribution in [3.05, 3.63) is 22.2 Å². The first-order valence-corrected chi connectivity index (χ1v) is 7.83. The van der Waals surface area contributed by atoms with Crippen molar-refractivity contribution < 1.29 is 19.4 Å². The van der Waals surface area contributed by atoms with Crippen LogP contribution in [0.15, 0.2) is 16.6 Å². The predicted octanol–water partition coefficient (Wildman–Crippen LogP) is 2.95. The lowest BCUT2D eigenvalue weighted by Crippen LogP contribution is -2.26. The summed E-state index contributed by atoms with van der Waals surface area (Å²) in [5.74, 6) is -0.00970. The molecule has 1 aromatic carbocycles. The molecule has 0 radical (unpaired) electrons. The minimum Gasteiger partial charge on any atom is -0.493 e. The molecule has 2 rings (SSSR count). The summed E-state index contributed by atoms with van der Waals surface area (Å²) < 4.78 is 11.6. The molecule has 1 saturated carbocycles. The van der Waals surface area contributed by atoms with Crippen LogP contribution >= 0.6 is 15.9 Å². The van der Waals surface area contributed by atoms with Gasteiger partial charge in [-0.2, -0.15) is 0 Å². The Morgan fingerprint density at radius 3 is 2.76 bits per heavy atom. The van der Waals surface area contributed by atoms with Crippen LogP contribution in [0.25, 0.3) is 0 Å². The van der Waals surface area contributed by atoms with Gasteiger partial charge in [0.05, 0.1) is 11.6 Å². The summed E-state index contributed by atoms with van der Waals surface area (Å²) in [6, 6.07) is 4.44. The van der Waals surface area contributed by atoms with Crippen LogP contribution < -0.4 is 14.8 Å². The molecule has 0 bridgehead atoms. The minimum atomic E-state index is -0.981. The molecule has 6 heteroatoms. The highest BCUT2D eigenvalue weighted by Gasteiger charge is 2.23. The molecule has 0 amide bonds. The first-order chi connectivity index (χ1) is 10.0. The molecule has 0 saturated heterocycles. The number of hydrogen-bond donors (Lipinski definition) is 2. The second kappa shape index (κ2) is 7.13. The quantitative estimate of drug-likeness (QED) is 0.748. The maximum absolute atomic E-state index is 11.1. The summed E-state index contributed by atoms with van der Waals surface area (Å²) in [6.07, 6.45) is 1.97. The molecule has 0 aliphatic heterocycles. The zero-order chi connectivity index (χ0) is 15.4. The maximum Gasteiger partial charge on any atom is 0.344 e. The predicted molar refractivity (Wildman–Crippen MR) is 82.9 cm³/mol. The Morgan fingerprint density at radius 2 is 2.24 bits per heavy atom. The monoisotopic (exact) mass is 357 g/mol. The van der Waals surface area contributed by atoms with Crippen LogP contribution in [0.5, 0.6) is 11.5 Å². The molecule has 0 heterocycles. The number of halogens is 1. The SMILES string of the molecule is CCC(Oc1c(Br)cc(CNC2CC2)cc1OC)C(=O)O. The van der Waals surface area contributed by atoms with Gasteiger partial charge in [0.25, 0.3) is 0 Å². The van der Waals surface area contributed by atoms with E-state index < -0.39 is 12.1 Å². The van der Waals surface area contributed by atoms with Crippen LogP contribution in [0, 0.1) is 0 Å². The van der Waals surface area contributed by atoms with E-state index in [0.29, 0.717) is 28.4 Å². The first-order valence-electron chi connectivity index (χ1n) is 7.04. The fraction of sp³-hybridized carbons (Fsp3) is 0.533. The van der Waals surface area contributed by atoms with Crippen LogP contribution in [0.4, 0.5) is 0 Å². The molecule has 21 heavy (non-hydrogen) atoms. The summed E-state index contributed by atoms with van der Waals surface area (Å²) in [5, 5.41) is 12.5. The van der Waals surface area contributed by atoms with Gasteiger partial charge < -0.3 is 19.9 Å². The lowest BCUT2D eigenvalue weighted by Gasteiger charge is -2.18. The Kier molecular flexibility index (Phi) is 5.47. The average molecular weight is 358 g/mol. The largest absolute Gasteiger partial charge is 0.493 e. The van der Waals surface area contributed by atoms with Gasteiger partial charge in [0.15, 0.2) is 17.6 Å². The topological polar surface area (TPSA) is 67.8 Å². The van der Waals surface area contributed by atoms with Gasteiger partial charge in [0.1, 0.15) is 0 Å². The Morgan fingerprint density at radius 1 is 1.52 bits per heavy atom. The second-order valence-electron chi connectivity index (χ2n) is 5.12. The van der Waals surface area contributed by atoms with Crippen molar-refractivity contribution in [1.29, 1.82) is 0 Å². The number of hydrogen-bond acceptors (Lipinski definition) is 4. The van der Waals surface area contributed by atoms with Gasteiger partial charge in [-0.15, -0.1) is 0 Å². The number of aliphatic carboxylic acids is 1. The summed E-state index contributed by atoms with van der Waals surface area (Å²) in [7, 11) is 1.55. The Hall–Kier alpha value is -1.27. The summed E-state index contributed by atoms with van der Waals surface area (Å²) >= 11 is 3.44. The lowest BCUT2D eigenvalue weighted by atomic mass is 10.2. The van der Waals surface area contributed by atoms with Gasteiger partial charge in [-0.1, -0.05) is 6.92 Å². The molecular weight excluding hydrogens is 338 g/mol. The molecule has 1 aromatic rings. The molecule has 1 aliphatic carbocycles. The van der Waals surface area contributed by atoms with Gasteiger partial charge >= 0.3 is 5.97 Å². The average Bonchev–Trinajstić information content (AvgIpc) is 3.27. The molecule has 1 fully saturated rings. The summed E-state index contributed by atoms with van der Waals surface area (Å²) in [6.45, 7) is 2.53. The zero-order valence-electron chi connectivity index (χ0n) is 12.2. The highest BCUT2D eigenvalue weighted by atomic mass is 79.9. The number of rotatable bonds is 8. The maximum atomic E-state index is 11.1. The molecule has 1 atom stereocenters. The molecule has 1 aliphatic rings. The third-order valence-corrected chi connectivity index (χ3v) is 3.96. The number of benzene rings is 1. The fourth-order valence-corrected chi connectivity index (χ4v) is 2.57. The van der Waals surface area contributed by atoms with Crippen molar-refractivity contribution in [2.75, 3.05) is 7.11 Å². The van der Waals surface area contributed by atoms with Crippen molar-refractivity contribution in [2.24, 2.45) is 0 Å². The first kappa shape index (κ1) is 16.1. The molecule has 1 unspecified atom stereocenters. The van der Waals surface area contributed by atoms with E-state index in [-0.39, 0.29) is 0 Å². The second-order valence-corrected chi connectivity index (χ2v) is 5.97. The molecule has 0 spiro atoms. The van der Waals surface area contributed by atoms with E-state index >= 15 is 0 Å². The Balaban J connectivity index is 2.17. The van der Waals surface area contributed by atoms with Crippen LogP contribution in [0.3, 0.4) is 0 Å². The fourth-order valence-electron chi connectivity index (χ4n) is 1.99. The van der Waals surface area contributed by atoms with Crippen LogP contribution in [-0.2, 0) is 11.3 Å². The molecule has 5 nitrogen and oxygen atoms in total. The van der Waals surface area contributed by atoms with Crippen LogP contribution in [0.1, 0.15) is 31.7 Å². The van der Waals surface area contributed by atoms with Gasteiger partial charge in [-0.3, -0.25) is 0 Å². The van der Waals surface area contributed by atoms with Crippen molar-refractivity contribution in [3.63, 3.8) is 0 Å². The Bertz CT molecular complexity index is 517. The van der Waals surface area contributed by atoms with E-state index in [1.54, 1.807) is 14.0 Å². The van der Waals surface area contributed by atoms with Crippen molar-refractivity contribution >= 4 is 21.9 Å². The third kappa shape index (κ3) is 4.35. The van der Waals surface area contributed by atoms with E-state index in [9.17, 15) is 4.79 Å². The van der Waals surface area contributed by atoms with Crippen LogP contribution in [0.2, 0.25) is 0 Å². The van der Waals surface area contributed by atoms with Gasteiger partial charge in [-0.25, -0.2) is 4.79 Å². The molecule has 2 N–H and O–H groups in total. The third-order valence-electron chi connectivity index (χ3n) is 3.37. The van der Waals surface area contributed by atoms with E-state index in [0.717, 1.165) is 12.1 Å². The highest BCUT2D eigenvalue weighted by Crippen LogP contribution is 2.37. The Labute approximate surface area is 132 Å². The van der Waals surface area contributed by atoms with Gasteiger partial charge in [0.2, 0.25) is 0 Å². The molecular formula is C15H20BrNO4. The van der Waals surface area contributed by atoms with Gasteiger partial charge in [-0.05, 0) is 52.9 Å². The van der Waals surface area contributed by atoms with E-state index in [1.165, 1.54) is 12.8 Å². The van der Waals surface area contributed by atoms with Crippen molar-refractivity contribution in [2.45, 2.75) is 44.9 Å². The number of methoxy groups -OCH3 is 1. The molecule has 116 valence electrons. The number of carbonyl (C=O) groups is 1. The molecule has 0 aromatic heterocycles. The highest BCUT2D eigenvalue weighted by molar-refractivity contribution is 9.10. The summed E-state index contributed by atoms with van der Waals surface area (Å²) in [4.78, 5) is 11.1. The van der Waals surface area contributed by atoms with Crippen molar-refractivity contribution in [3.8, 4) is 11.5 Å². The number of carboxylic acid groups (broad SMARTS) is 1. The smallest absolute Gasteiger partial charge is 0.344 e. The number of ether oxygens (including phenoxy) is 2. The standard InChI is InChI=1S/C15H20BrNO4/c1-3-12(15(18)19)21-14-11(16)6-9(7-13(14)20-2)8-17-10-4-5-10/h6-7,10,12,17H,3-5,8H2,1-2H3,(H,18,19). The number of nitrogens with one attached hydrogen (secondary N) is 1. The zero-order valence-corrected chi connectivity index (χ0v) is 13.8. The summed E-state index contributed by atoms with van der Waals surface area (Å²) in [5.41, 5.74) is 1.07.